The van der Waals surface area contributed by atoms with Crippen molar-refractivity contribution in [2.24, 2.45) is 10.7 Å². The van der Waals surface area contributed by atoms with Crippen molar-refractivity contribution in [2.45, 2.75) is 33.2 Å². The molecule has 0 unspecified atom stereocenters. The fourth-order valence-corrected chi connectivity index (χ4v) is 2.05. The number of hydrogen-bond donors (Lipinski definition) is 2. The molecule has 1 rings (SSSR count). The summed E-state index contributed by atoms with van der Waals surface area (Å²) in [5.74, 6) is 0. The maximum absolute atomic E-state index is 11.1. The molecule has 1 amide bonds. The Morgan fingerprint density at radius 2 is 2.32 bits per heavy atom. The molecule has 104 valence electrons. The number of aliphatic imine (C=N–C) groups is 1. The van der Waals surface area contributed by atoms with Gasteiger partial charge in [-0.3, -0.25) is 15.2 Å². The summed E-state index contributed by atoms with van der Waals surface area (Å²) in [5.41, 5.74) is 9.07. The van der Waals surface area contributed by atoms with E-state index in [1.54, 1.807) is 11.8 Å². The zero-order chi connectivity index (χ0) is 14.6. The fraction of sp³-hybridized carbons (Fsp3) is 0.500. The monoisotopic (exact) mass is 262 g/mol. The lowest BCUT2D eigenvalue weighted by molar-refractivity contribution is -0.119. The zero-order valence-electron chi connectivity index (χ0n) is 11.9. The van der Waals surface area contributed by atoms with Gasteiger partial charge in [-0.25, -0.2) is 0 Å². The highest BCUT2D eigenvalue weighted by Crippen LogP contribution is 2.21. The third-order valence-corrected chi connectivity index (χ3v) is 3.21. The van der Waals surface area contributed by atoms with E-state index < -0.39 is 0 Å². The Morgan fingerprint density at radius 3 is 2.79 bits per heavy atom. The second-order valence-electron chi connectivity index (χ2n) is 4.81. The predicted molar refractivity (Wildman–Crippen MR) is 78.6 cm³/mol. The highest BCUT2D eigenvalue weighted by molar-refractivity contribution is 6.52. The Balaban J connectivity index is 3.19. The van der Waals surface area contributed by atoms with Crippen LogP contribution in [0.2, 0.25) is 0 Å². The van der Waals surface area contributed by atoms with Gasteiger partial charge in [-0.1, -0.05) is 6.58 Å². The molecule has 5 heteroatoms. The van der Waals surface area contributed by atoms with Crippen molar-refractivity contribution in [3.8, 4) is 0 Å². The Labute approximate surface area is 114 Å². The summed E-state index contributed by atoms with van der Waals surface area (Å²) in [6.07, 6.45) is 1.44. The molecular formula is C14H22N4O. The molecule has 0 saturated carbocycles. The van der Waals surface area contributed by atoms with E-state index in [9.17, 15) is 4.79 Å². The Hall–Kier alpha value is -1.91. The van der Waals surface area contributed by atoms with E-state index in [1.165, 1.54) is 0 Å². The molecule has 0 aromatic heterocycles. The van der Waals surface area contributed by atoms with Crippen molar-refractivity contribution in [3.63, 3.8) is 0 Å². The molecular weight excluding hydrogens is 240 g/mol. The number of carbonyl (C=O) groups is 1. The van der Waals surface area contributed by atoms with E-state index in [1.807, 2.05) is 13.8 Å². The third kappa shape index (κ3) is 3.30. The van der Waals surface area contributed by atoms with Crippen LogP contribution in [0.4, 0.5) is 0 Å². The van der Waals surface area contributed by atoms with Gasteiger partial charge in [0.25, 0.3) is 0 Å². The zero-order valence-corrected chi connectivity index (χ0v) is 11.9. The molecule has 19 heavy (non-hydrogen) atoms. The normalized spacial score (nSPS) is 20.5. The quantitative estimate of drug-likeness (QED) is 0.581. The number of nitrogens with one attached hydrogen (secondary N) is 1. The molecule has 0 aliphatic carbocycles. The molecule has 1 atom stereocenters. The first-order valence-corrected chi connectivity index (χ1v) is 6.40. The maximum atomic E-state index is 11.1. The number of nitrogens with zero attached hydrogens (tertiary/aromatic N) is 2. The van der Waals surface area contributed by atoms with Crippen LogP contribution in [-0.2, 0) is 4.79 Å². The topological polar surface area (TPSA) is 82.5 Å². The molecule has 0 fully saturated rings. The summed E-state index contributed by atoms with van der Waals surface area (Å²) in [7, 11) is 0. The Bertz CT molecular complexity index is 462. The lowest BCUT2D eigenvalue weighted by Crippen LogP contribution is -2.42. The Kier molecular flexibility index (Phi) is 5.03. The van der Waals surface area contributed by atoms with Crippen molar-refractivity contribution in [2.75, 3.05) is 13.1 Å². The van der Waals surface area contributed by atoms with Gasteiger partial charge >= 0.3 is 0 Å². The molecule has 1 heterocycles. The molecule has 0 radical (unpaired) electrons. The van der Waals surface area contributed by atoms with Gasteiger partial charge in [0.05, 0.1) is 11.4 Å². The minimum Gasteiger partial charge on any atom is -0.402 e. The van der Waals surface area contributed by atoms with Gasteiger partial charge in [-0.05, 0) is 26.3 Å². The molecule has 0 spiro atoms. The first-order valence-electron chi connectivity index (χ1n) is 6.40. The van der Waals surface area contributed by atoms with Crippen LogP contribution in [0.1, 0.15) is 27.2 Å². The van der Waals surface area contributed by atoms with E-state index in [2.05, 4.69) is 11.6 Å². The summed E-state index contributed by atoms with van der Waals surface area (Å²) in [4.78, 5) is 17.1. The predicted octanol–water partition coefficient (Wildman–Crippen LogP) is 1.51. The number of carbonyl (C=O) groups excluding carboxylic acids is 1. The summed E-state index contributed by atoms with van der Waals surface area (Å²) in [6, 6.07) is 0.0862. The van der Waals surface area contributed by atoms with Crippen LogP contribution in [0.3, 0.4) is 0 Å². The summed E-state index contributed by atoms with van der Waals surface area (Å²) in [5, 5.41) is 8.08. The van der Waals surface area contributed by atoms with Gasteiger partial charge in [-0.15, -0.1) is 0 Å². The average Bonchev–Trinajstić information content (AvgIpc) is 2.36. The summed E-state index contributed by atoms with van der Waals surface area (Å²) in [6.45, 7) is 10.4. The van der Waals surface area contributed by atoms with Gasteiger partial charge in [0.15, 0.2) is 0 Å². The van der Waals surface area contributed by atoms with E-state index in [-0.39, 0.29) is 6.04 Å². The molecule has 0 bridgehead atoms. The van der Waals surface area contributed by atoms with Crippen LogP contribution in [0.25, 0.3) is 0 Å². The van der Waals surface area contributed by atoms with Gasteiger partial charge in [0.1, 0.15) is 0 Å². The van der Waals surface area contributed by atoms with Gasteiger partial charge < -0.3 is 10.6 Å². The van der Waals surface area contributed by atoms with E-state index in [0.717, 1.165) is 12.0 Å². The molecule has 5 nitrogen and oxygen atoms in total. The first-order chi connectivity index (χ1) is 8.92. The van der Waals surface area contributed by atoms with Crippen LogP contribution < -0.4 is 5.73 Å². The van der Waals surface area contributed by atoms with Crippen LogP contribution in [0.5, 0.6) is 0 Å². The summed E-state index contributed by atoms with van der Waals surface area (Å²) >= 11 is 0. The van der Waals surface area contributed by atoms with Gasteiger partial charge in [0.2, 0.25) is 6.41 Å². The van der Waals surface area contributed by atoms with Crippen LogP contribution in [0.15, 0.2) is 28.4 Å². The fourth-order valence-electron chi connectivity index (χ4n) is 2.05. The molecule has 1 aliphatic rings. The highest BCUT2D eigenvalue weighted by Gasteiger charge is 2.26. The van der Waals surface area contributed by atoms with Crippen molar-refractivity contribution in [3.05, 3.63) is 23.4 Å². The van der Waals surface area contributed by atoms with Crippen LogP contribution in [-0.4, -0.2) is 41.9 Å². The maximum Gasteiger partial charge on any atom is 0.210 e. The number of amides is 1. The van der Waals surface area contributed by atoms with E-state index in [0.29, 0.717) is 42.2 Å². The first kappa shape index (κ1) is 15.1. The third-order valence-electron chi connectivity index (χ3n) is 3.21. The molecule has 0 aromatic rings. The smallest absolute Gasteiger partial charge is 0.210 e. The minimum absolute atomic E-state index is 0.0862. The van der Waals surface area contributed by atoms with Crippen LogP contribution >= 0.6 is 0 Å². The minimum atomic E-state index is 0.0862. The standard InChI is InChI=1S/C14H22N4O/c1-5-17-14(13(16)9(2)3)11-7-18(8-19)10(4)6-12(11)15/h8,10,16H,2,5-7,15H2,1,3-4H3/t10-/m1/s1. The van der Waals surface area contributed by atoms with E-state index in [4.69, 9.17) is 11.1 Å². The SMILES string of the molecule is C=C(C)C(=N)C(=NCC)C1=C(N)C[C@@H](C)N(C=O)C1. The van der Waals surface area contributed by atoms with Gasteiger partial charge in [0, 0.05) is 36.8 Å². The lowest BCUT2D eigenvalue weighted by atomic mass is 9.93. The van der Waals surface area contributed by atoms with E-state index >= 15 is 0 Å². The van der Waals surface area contributed by atoms with Crippen molar-refractivity contribution >= 4 is 17.8 Å². The second-order valence-corrected chi connectivity index (χ2v) is 4.81. The second kappa shape index (κ2) is 6.31. The number of nitrogens with two attached hydrogens (primary N) is 1. The Morgan fingerprint density at radius 1 is 1.68 bits per heavy atom. The average molecular weight is 262 g/mol. The van der Waals surface area contributed by atoms with Crippen molar-refractivity contribution in [1.82, 2.24) is 4.90 Å². The molecule has 1 aliphatic heterocycles. The van der Waals surface area contributed by atoms with Crippen molar-refractivity contribution < 1.29 is 4.79 Å². The lowest BCUT2D eigenvalue weighted by Gasteiger charge is -2.33. The van der Waals surface area contributed by atoms with Crippen LogP contribution in [0, 0.1) is 5.41 Å². The summed E-state index contributed by atoms with van der Waals surface area (Å²) < 4.78 is 0. The number of hydrogen-bond acceptors (Lipinski definition) is 4. The molecule has 0 aromatic carbocycles. The van der Waals surface area contributed by atoms with Crippen molar-refractivity contribution in [1.29, 1.82) is 5.41 Å². The highest BCUT2D eigenvalue weighted by atomic mass is 16.1. The number of rotatable bonds is 5. The largest absolute Gasteiger partial charge is 0.402 e. The molecule has 0 saturated heterocycles. The molecule has 3 N–H and O–H groups in total. The number of allylic oxidation sites excluding steroid dienone is 1. The van der Waals surface area contributed by atoms with Gasteiger partial charge in [-0.2, -0.15) is 0 Å².